The van der Waals surface area contributed by atoms with Gasteiger partial charge in [-0.3, -0.25) is 9.52 Å². The van der Waals surface area contributed by atoms with Gasteiger partial charge in [-0.25, -0.2) is 17.8 Å². The maximum absolute atomic E-state index is 13.5. The third-order valence-corrected chi connectivity index (χ3v) is 5.94. The number of aromatic nitrogens is 1. The second-order valence-corrected chi connectivity index (χ2v) is 8.31. The van der Waals surface area contributed by atoms with Crippen molar-refractivity contribution in [1.29, 1.82) is 0 Å². The number of anilines is 1. The van der Waals surface area contributed by atoms with Crippen LogP contribution in [0, 0.1) is 12.7 Å². The molecule has 0 aliphatic heterocycles. The first-order chi connectivity index (χ1) is 12.8. The Bertz CT molecular complexity index is 1050. The number of sulfonamides is 1. The average molecular weight is 405 g/mol. The molecule has 0 aliphatic carbocycles. The minimum absolute atomic E-state index is 0.0230. The zero-order chi connectivity index (χ0) is 19.4. The van der Waals surface area contributed by atoms with E-state index in [4.69, 9.17) is 0 Å². The van der Waals surface area contributed by atoms with Crippen molar-refractivity contribution in [2.45, 2.75) is 18.4 Å². The SMILES string of the molecule is Cc1ccc(CNC(=O)c2ccc(S(=O)(=O)Nc3nccs3)cc2)cc1F. The Morgan fingerprint density at radius 1 is 1.19 bits per heavy atom. The molecule has 140 valence electrons. The van der Waals surface area contributed by atoms with E-state index in [1.54, 1.807) is 24.4 Å². The fraction of sp³-hybridized carbons (Fsp3) is 0.111. The summed E-state index contributed by atoms with van der Waals surface area (Å²) in [6, 6.07) is 10.3. The van der Waals surface area contributed by atoms with Gasteiger partial charge in [0.25, 0.3) is 15.9 Å². The maximum Gasteiger partial charge on any atom is 0.263 e. The highest BCUT2D eigenvalue weighted by Crippen LogP contribution is 2.18. The van der Waals surface area contributed by atoms with Crippen molar-refractivity contribution < 1.29 is 17.6 Å². The minimum atomic E-state index is -3.77. The third-order valence-electron chi connectivity index (χ3n) is 3.77. The van der Waals surface area contributed by atoms with Crippen LogP contribution in [0.1, 0.15) is 21.5 Å². The number of rotatable bonds is 6. The molecule has 3 aromatic rings. The fourth-order valence-corrected chi connectivity index (χ4v) is 4.05. The Labute approximate surface area is 160 Å². The zero-order valence-electron chi connectivity index (χ0n) is 14.3. The lowest BCUT2D eigenvalue weighted by Crippen LogP contribution is -2.23. The number of hydrogen-bond donors (Lipinski definition) is 2. The van der Waals surface area contributed by atoms with E-state index in [9.17, 15) is 17.6 Å². The summed E-state index contributed by atoms with van der Waals surface area (Å²) in [4.78, 5) is 16.1. The molecule has 2 N–H and O–H groups in total. The van der Waals surface area contributed by atoms with Gasteiger partial charge in [-0.2, -0.15) is 0 Å². The first kappa shape index (κ1) is 19.0. The minimum Gasteiger partial charge on any atom is -0.348 e. The number of amides is 1. The molecule has 2 aromatic carbocycles. The highest BCUT2D eigenvalue weighted by Gasteiger charge is 2.16. The van der Waals surface area contributed by atoms with Gasteiger partial charge in [0, 0.05) is 23.7 Å². The van der Waals surface area contributed by atoms with E-state index in [-0.39, 0.29) is 28.3 Å². The highest BCUT2D eigenvalue weighted by molar-refractivity contribution is 7.93. The van der Waals surface area contributed by atoms with Crippen LogP contribution in [0.15, 0.2) is 58.9 Å². The van der Waals surface area contributed by atoms with E-state index >= 15 is 0 Å². The van der Waals surface area contributed by atoms with Gasteiger partial charge in [-0.05, 0) is 48.4 Å². The summed E-state index contributed by atoms with van der Waals surface area (Å²) < 4.78 is 40.4. The highest BCUT2D eigenvalue weighted by atomic mass is 32.2. The monoisotopic (exact) mass is 405 g/mol. The molecule has 6 nitrogen and oxygen atoms in total. The van der Waals surface area contributed by atoms with E-state index in [0.717, 1.165) is 0 Å². The smallest absolute Gasteiger partial charge is 0.263 e. The number of halogens is 1. The molecular formula is C18H16FN3O3S2. The number of benzene rings is 2. The molecule has 0 spiro atoms. The van der Waals surface area contributed by atoms with Crippen LogP contribution in [0.2, 0.25) is 0 Å². The Balaban J connectivity index is 1.65. The maximum atomic E-state index is 13.5. The van der Waals surface area contributed by atoms with E-state index in [1.165, 1.54) is 47.9 Å². The predicted molar refractivity (Wildman–Crippen MR) is 102 cm³/mol. The fourth-order valence-electron chi connectivity index (χ4n) is 2.26. The third kappa shape index (κ3) is 4.69. The van der Waals surface area contributed by atoms with Crippen molar-refractivity contribution >= 4 is 32.4 Å². The quantitative estimate of drug-likeness (QED) is 0.659. The van der Waals surface area contributed by atoms with Crippen molar-refractivity contribution in [2.75, 3.05) is 4.72 Å². The Hall–Kier alpha value is -2.78. The van der Waals surface area contributed by atoms with Crippen LogP contribution in [0.5, 0.6) is 0 Å². The molecule has 0 bridgehead atoms. The van der Waals surface area contributed by atoms with Gasteiger partial charge in [0.15, 0.2) is 5.13 Å². The van der Waals surface area contributed by atoms with Gasteiger partial charge in [0.05, 0.1) is 4.90 Å². The molecule has 0 atom stereocenters. The molecular weight excluding hydrogens is 389 g/mol. The summed E-state index contributed by atoms with van der Waals surface area (Å²) in [6.07, 6.45) is 1.50. The number of thiazole rings is 1. The van der Waals surface area contributed by atoms with E-state index in [2.05, 4.69) is 15.0 Å². The van der Waals surface area contributed by atoms with Crippen molar-refractivity contribution in [2.24, 2.45) is 0 Å². The molecule has 0 unspecified atom stereocenters. The van der Waals surface area contributed by atoms with Crippen LogP contribution in [-0.2, 0) is 16.6 Å². The van der Waals surface area contributed by atoms with Crippen LogP contribution in [0.25, 0.3) is 0 Å². The van der Waals surface area contributed by atoms with Crippen molar-refractivity contribution in [1.82, 2.24) is 10.3 Å². The molecule has 27 heavy (non-hydrogen) atoms. The van der Waals surface area contributed by atoms with Crippen LogP contribution in [0.4, 0.5) is 9.52 Å². The molecule has 9 heteroatoms. The van der Waals surface area contributed by atoms with Gasteiger partial charge >= 0.3 is 0 Å². The summed E-state index contributed by atoms with van der Waals surface area (Å²) in [5.74, 6) is -0.711. The number of hydrogen-bond acceptors (Lipinski definition) is 5. The second kappa shape index (κ2) is 7.85. The van der Waals surface area contributed by atoms with Gasteiger partial charge in [-0.15, -0.1) is 11.3 Å². The van der Waals surface area contributed by atoms with Gasteiger partial charge in [0.2, 0.25) is 0 Å². The molecule has 0 saturated carbocycles. The molecule has 0 radical (unpaired) electrons. The standard InChI is InChI=1S/C18H16FN3O3S2/c1-12-2-3-13(10-16(12)19)11-21-17(23)14-4-6-15(7-5-14)27(24,25)22-18-20-8-9-26-18/h2-10H,11H2,1H3,(H,20,22)(H,21,23). The van der Waals surface area contributed by atoms with Crippen LogP contribution in [-0.4, -0.2) is 19.3 Å². The normalized spacial score (nSPS) is 11.2. The van der Waals surface area contributed by atoms with Gasteiger partial charge in [0.1, 0.15) is 5.82 Å². The number of nitrogens with one attached hydrogen (secondary N) is 2. The average Bonchev–Trinajstić information content (AvgIpc) is 3.15. The van der Waals surface area contributed by atoms with E-state index < -0.39 is 10.0 Å². The zero-order valence-corrected chi connectivity index (χ0v) is 15.9. The van der Waals surface area contributed by atoms with Crippen molar-refractivity contribution in [3.63, 3.8) is 0 Å². The first-order valence-electron chi connectivity index (χ1n) is 7.91. The van der Waals surface area contributed by atoms with E-state index in [1.807, 2.05) is 0 Å². The molecule has 1 heterocycles. The Kier molecular flexibility index (Phi) is 5.52. The number of nitrogens with zero attached hydrogens (tertiary/aromatic N) is 1. The Morgan fingerprint density at radius 2 is 1.93 bits per heavy atom. The molecule has 0 aliphatic rings. The summed E-state index contributed by atoms with van der Waals surface area (Å²) in [6.45, 7) is 1.83. The van der Waals surface area contributed by atoms with Gasteiger partial charge < -0.3 is 5.32 Å². The number of aryl methyl sites for hydroxylation is 1. The van der Waals surface area contributed by atoms with E-state index in [0.29, 0.717) is 16.7 Å². The molecule has 0 fully saturated rings. The lowest BCUT2D eigenvalue weighted by atomic mass is 10.1. The lowest BCUT2D eigenvalue weighted by Gasteiger charge is -2.08. The Morgan fingerprint density at radius 3 is 2.56 bits per heavy atom. The molecule has 1 amide bonds. The summed E-state index contributed by atoms with van der Waals surface area (Å²) in [7, 11) is -3.77. The second-order valence-electron chi connectivity index (χ2n) is 5.73. The first-order valence-corrected chi connectivity index (χ1v) is 10.3. The predicted octanol–water partition coefficient (Wildman–Crippen LogP) is 3.32. The lowest BCUT2D eigenvalue weighted by molar-refractivity contribution is 0.0950. The van der Waals surface area contributed by atoms with Crippen molar-refractivity contribution in [3.05, 3.63) is 76.5 Å². The van der Waals surface area contributed by atoms with Gasteiger partial charge in [-0.1, -0.05) is 12.1 Å². The van der Waals surface area contributed by atoms with Crippen LogP contribution in [0.3, 0.4) is 0 Å². The topological polar surface area (TPSA) is 88.2 Å². The molecule has 1 aromatic heterocycles. The van der Waals surface area contributed by atoms with Crippen molar-refractivity contribution in [3.8, 4) is 0 Å². The van der Waals surface area contributed by atoms with Crippen LogP contribution >= 0.6 is 11.3 Å². The summed E-state index contributed by atoms with van der Waals surface area (Å²) in [5, 5.41) is 4.60. The van der Waals surface area contributed by atoms with Crippen LogP contribution < -0.4 is 10.0 Å². The molecule has 0 saturated heterocycles. The number of carbonyl (C=O) groups is 1. The summed E-state index contributed by atoms with van der Waals surface area (Å²) in [5.41, 5.74) is 1.47. The largest absolute Gasteiger partial charge is 0.348 e. The molecule has 3 rings (SSSR count). The summed E-state index contributed by atoms with van der Waals surface area (Å²) >= 11 is 1.17. The number of carbonyl (C=O) groups excluding carboxylic acids is 1.